The lowest BCUT2D eigenvalue weighted by atomic mass is 10.1. The van der Waals surface area contributed by atoms with Crippen molar-refractivity contribution in [2.75, 3.05) is 13.1 Å². The first-order valence-corrected chi connectivity index (χ1v) is 6.64. The van der Waals surface area contributed by atoms with Gasteiger partial charge in [0, 0.05) is 18.6 Å². The van der Waals surface area contributed by atoms with Crippen molar-refractivity contribution in [1.29, 1.82) is 0 Å². The van der Waals surface area contributed by atoms with Gasteiger partial charge in [0.1, 0.15) is 0 Å². The fourth-order valence-corrected chi connectivity index (χ4v) is 2.23. The lowest BCUT2D eigenvalue weighted by Gasteiger charge is -2.31. The maximum absolute atomic E-state index is 5.89. The summed E-state index contributed by atoms with van der Waals surface area (Å²) in [4.78, 5) is 2.68. The molecule has 2 N–H and O–H groups in total. The first-order valence-electron chi connectivity index (χ1n) is 6.64. The van der Waals surface area contributed by atoms with Gasteiger partial charge in [-0.25, -0.2) is 0 Å². The highest BCUT2D eigenvalue weighted by molar-refractivity contribution is 4.89. The lowest BCUT2D eigenvalue weighted by molar-refractivity contribution is 0.170. The van der Waals surface area contributed by atoms with E-state index < -0.39 is 0 Å². The highest BCUT2D eigenvalue weighted by Gasteiger charge is 2.32. The van der Waals surface area contributed by atoms with Gasteiger partial charge in [0.15, 0.2) is 0 Å². The molecule has 0 heterocycles. The molecule has 0 amide bonds. The summed E-state index contributed by atoms with van der Waals surface area (Å²) in [6.07, 6.45) is 6.64. The van der Waals surface area contributed by atoms with E-state index in [-0.39, 0.29) is 0 Å². The van der Waals surface area contributed by atoms with Crippen LogP contribution in [-0.4, -0.2) is 30.1 Å². The molecular weight excluding hydrogens is 184 g/mol. The molecule has 2 nitrogen and oxygen atoms in total. The zero-order valence-electron chi connectivity index (χ0n) is 10.7. The first kappa shape index (κ1) is 13.0. The van der Waals surface area contributed by atoms with E-state index in [4.69, 9.17) is 5.73 Å². The molecule has 0 aromatic carbocycles. The zero-order chi connectivity index (χ0) is 11.3. The van der Waals surface area contributed by atoms with E-state index in [1.54, 1.807) is 0 Å². The van der Waals surface area contributed by atoms with Gasteiger partial charge in [-0.15, -0.1) is 0 Å². The first-order chi connectivity index (χ1) is 7.19. The smallest absolute Gasteiger partial charge is 0.0221 e. The Morgan fingerprint density at radius 3 is 2.33 bits per heavy atom. The van der Waals surface area contributed by atoms with E-state index in [2.05, 4.69) is 25.7 Å². The summed E-state index contributed by atoms with van der Waals surface area (Å²) in [6.45, 7) is 8.97. The third-order valence-corrected chi connectivity index (χ3v) is 3.34. The van der Waals surface area contributed by atoms with Crippen LogP contribution in [0.4, 0.5) is 0 Å². The molecule has 1 saturated carbocycles. The summed E-state index contributed by atoms with van der Waals surface area (Å²) in [5.41, 5.74) is 5.89. The predicted molar refractivity (Wildman–Crippen MR) is 66.9 cm³/mol. The van der Waals surface area contributed by atoms with Crippen LogP contribution < -0.4 is 5.73 Å². The number of nitrogens with zero attached hydrogens (tertiary/aromatic N) is 1. The van der Waals surface area contributed by atoms with E-state index in [0.717, 1.165) is 18.5 Å². The second-order valence-corrected chi connectivity index (χ2v) is 5.33. The molecule has 1 atom stereocenters. The van der Waals surface area contributed by atoms with E-state index in [9.17, 15) is 0 Å². The van der Waals surface area contributed by atoms with Gasteiger partial charge in [-0.05, 0) is 38.1 Å². The summed E-state index contributed by atoms with van der Waals surface area (Å²) >= 11 is 0. The molecule has 90 valence electrons. The summed E-state index contributed by atoms with van der Waals surface area (Å²) in [5, 5.41) is 0. The van der Waals surface area contributed by atoms with Gasteiger partial charge in [-0.1, -0.05) is 27.2 Å². The Morgan fingerprint density at radius 1 is 1.27 bits per heavy atom. The average Bonchev–Trinajstić information content (AvgIpc) is 3.00. The zero-order valence-corrected chi connectivity index (χ0v) is 10.7. The Hall–Kier alpha value is -0.0800. The van der Waals surface area contributed by atoms with Gasteiger partial charge in [-0.2, -0.15) is 0 Å². The van der Waals surface area contributed by atoms with Gasteiger partial charge < -0.3 is 5.73 Å². The molecule has 0 aromatic rings. The minimum Gasteiger partial charge on any atom is -0.329 e. The van der Waals surface area contributed by atoms with E-state index in [0.29, 0.717) is 6.04 Å². The van der Waals surface area contributed by atoms with E-state index in [1.165, 1.54) is 38.6 Å². The van der Waals surface area contributed by atoms with Crippen molar-refractivity contribution in [3.05, 3.63) is 0 Å². The van der Waals surface area contributed by atoms with Gasteiger partial charge in [-0.3, -0.25) is 4.90 Å². The van der Waals surface area contributed by atoms with Crippen LogP contribution >= 0.6 is 0 Å². The van der Waals surface area contributed by atoms with Crippen molar-refractivity contribution in [2.45, 2.75) is 65.0 Å². The molecule has 15 heavy (non-hydrogen) atoms. The van der Waals surface area contributed by atoms with Gasteiger partial charge in [0.25, 0.3) is 0 Å². The molecule has 1 unspecified atom stereocenters. The van der Waals surface area contributed by atoms with Crippen molar-refractivity contribution in [3.63, 3.8) is 0 Å². The Morgan fingerprint density at radius 2 is 1.93 bits per heavy atom. The maximum Gasteiger partial charge on any atom is 0.0221 e. The van der Waals surface area contributed by atoms with E-state index in [1.807, 2.05) is 0 Å². The van der Waals surface area contributed by atoms with Gasteiger partial charge in [0.05, 0.1) is 0 Å². The molecule has 2 heteroatoms. The molecule has 0 saturated heterocycles. The predicted octanol–water partition coefficient (Wildman–Crippen LogP) is 2.62. The van der Waals surface area contributed by atoms with Crippen LogP contribution in [0.25, 0.3) is 0 Å². The van der Waals surface area contributed by atoms with Crippen molar-refractivity contribution < 1.29 is 0 Å². The Labute approximate surface area is 95.2 Å². The number of rotatable bonds is 8. The van der Waals surface area contributed by atoms with E-state index >= 15 is 0 Å². The minimum atomic E-state index is 0.640. The van der Waals surface area contributed by atoms with Crippen molar-refractivity contribution in [2.24, 2.45) is 11.7 Å². The van der Waals surface area contributed by atoms with Crippen LogP contribution in [0.5, 0.6) is 0 Å². The monoisotopic (exact) mass is 212 g/mol. The van der Waals surface area contributed by atoms with Crippen molar-refractivity contribution in [3.8, 4) is 0 Å². The van der Waals surface area contributed by atoms with Crippen LogP contribution in [0.2, 0.25) is 0 Å². The van der Waals surface area contributed by atoms with Crippen LogP contribution in [0.1, 0.15) is 52.9 Å². The standard InChI is InChI=1S/C13H28N2/c1-4-5-13(10-14)15(12-6-7-12)9-8-11(2)3/h11-13H,4-10,14H2,1-3H3. The normalized spacial score (nSPS) is 18.8. The topological polar surface area (TPSA) is 29.3 Å². The minimum absolute atomic E-state index is 0.640. The van der Waals surface area contributed by atoms with Crippen LogP contribution in [0.15, 0.2) is 0 Å². The van der Waals surface area contributed by atoms with Crippen LogP contribution in [0, 0.1) is 5.92 Å². The second kappa shape index (κ2) is 6.49. The third-order valence-electron chi connectivity index (χ3n) is 3.34. The average molecular weight is 212 g/mol. The quantitative estimate of drug-likeness (QED) is 0.670. The van der Waals surface area contributed by atoms with Crippen molar-refractivity contribution in [1.82, 2.24) is 4.90 Å². The highest BCUT2D eigenvalue weighted by atomic mass is 15.2. The maximum atomic E-state index is 5.89. The summed E-state index contributed by atoms with van der Waals surface area (Å²) < 4.78 is 0. The van der Waals surface area contributed by atoms with Crippen LogP contribution in [-0.2, 0) is 0 Å². The summed E-state index contributed by atoms with van der Waals surface area (Å²) in [6, 6.07) is 1.50. The second-order valence-electron chi connectivity index (χ2n) is 5.33. The Bertz CT molecular complexity index is 164. The fraction of sp³-hybridized carbons (Fsp3) is 1.00. The molecule has 1 fully saturated rings. The van der Waals surface area contributed by atoms with Crippen molar-refractivity contribution >= 4 is 0 Å². The van der Waals surface area contributed by atoms with Crippen LogP contribution in [0.3, 0.4) is 0 Å². The Kier molecular flexibility index (Phi) is 5.62. The third kappa shape index (κ3) is 4.52. The van der Waals surface area contributed by atoms with Gasteiger partial charge in [0.2, 0.25) is 0 Å². The summed E-state index contributed by atoms with van der Waals surface area (Å²) in [5.74, 6) is 0.811. The molecule has 0 radical (unpaired) electrons. The molecule has 0 spiro atoms. The molecule has 0 aromatic heterocycles. The number of hydrogen-bond acceptors (Lipinski definition) is 2. The summed E-state index contributed by atoms with van der Waals surface area (Å²) in [7, 11) is 0. The molecule has 0 aliphatic heterocycles. The SMILES string of the molecule is CCCC(CN)N(CCC(C)C)C1CC1. The molecule has 1 aliphatic carbocycles. The van der Waals surface area contributed by atoms with Gasteiger partial charge >= 0.3 is 0 Å². The Balaban J connectivity index is 2.39. The lowest BCUT2D eigenvalue weighted by Crippen LogP contribution is -2.42. The number of nitrogens with two attached hydrogens (primary N) is 1. The fourth-order valence-electron chi connectivity index (χ4n) is 2.23. The largest absolute Gasteiger partial charge is 0.329 e. The highest BCUT2D eigenvalue weighted by Crippen LogP contribution is 2.30. The molecule has 0 bridgehead atoms. The molecular formula is C13H28N2. The molecule has 1 rings (SSSR count). The molecule has 1 aliphatic rings. The number of hydrogen-bond donors (Lipinski definition) is 1.